The number of aromatic nitrogens is 3. The number of allylic oxidation sites excluding steroid dienone is 7. The van der Waals surface area contributed by atoms with Crippen molar-refractivity contribution in [2.45, 2.75) is 49.6 Å². The van der Waals surface area contributed by atoms with Gasteiger partial charge in [0.1, 0.15) is 41.3 Å². The molecule has 7 atom stereocenters. The van der Waals surface area contributed by atoms with Gasteiger partial charge in [-0.15, -0.1) is 6.42 Å². The van der Waals surface area contributed by atoms with Crippen LogP contribution in [0.15, 0.2) is 47.6 Å². The second kappa shape index (κ2) is 10.5. The number of fused-ring (bicyclic) bond motifs is 4. The van der Waals surface area contributed by atoms with Crippen molar-refractivity contribution in [3.05, 3.63) is 59.1 Å². The normalized spacial score (nSPS) is 35.2. The van der Waals surface area contributed by atoms with Crippen molar-refractivity contribution in [3.8, 4) is 18.4 Å². The highest BCUT2D eigenvalue weighted by molar-refractivity contribution is 5.92. The SMILES string of the molecule is C#CC1=C(F)C=CC2C=C(N)C=C(c3ncc4c(N5CCOC[C@H]6[C@H](F)[C@H]65)nc(OC[C@@]56CCCN5C[C@@](C)(F)C6)nc4c3F)C12. The predicted molar refractivity (Wildman–Crippen MR) is 164 cm³/mol. The lowest BCUT2D eigenvalue weighted by molar-refractivity contribution is 0.107. The quantitative estimate of drug-likeness (QED) is 0.378. The van der Waals surface area contributed by atoms with E-state index < -0.39 is 46.9 Å². The van der Waals surface area contributed by atoms with Crippen molar-refractivity contribution in [2.24, 2.45) is 23.5 Å². The first kappa shape index (κ1) is 29.5. The smallest absolute Gasteiger partial charge is 0.319 e. The molecule has 2 aromatic heterocycles. The summed E-state index contributed by atoms with van der Waals surface area (Å²) in [5.74, 6) is -0.0900. The third kappa shape index (κ3) is 4.61. The fourth-order valence-electron chi connectivity index (χ4n) is 8.35. The zero-order valence-corrected chi connectivity index (χ0v) is 25.4. The monoisotopic (exact) mass is 634 g/mol. The van der Waals surface area contributed by atoms with E-state index in [1.165, 1.54) is 12.3 Å². The molecule has 8 rings (SSSR count). The molecule has 240 valence electrons. The van der Waals surface area contributed by atoms with Crippen LogP contribution in [-0.4, -0.2) is 82.7 Å². The Morgan fingerprint density at radius 2 is 2.11 bits per heavy atom. The average molecular weight is 635 g/mol. The molecule has 2 unspecified atom stereocenters. The van der Waals surface area contributed by atoms with Crippen LogP contribution in [0.1, 0.15) is 31.9 Å². The van der Waals surface area contributed by atoms with Gasteiger partial charge in [-0.2, -0.15) is 9.97 Å². The van der Waals surface area contributed by atoms with Crippen molar-refractivity contribution in [1.82, 2.24) is 19.9 Å². The lowest BCUT2D eigenvalue weighted by atomic mass is 9.73. The third-order valence-corrected chi connectivity index (χ3v) is 10.4. The highest BCUT2D eigenvalue weighted by Crippen LogP contribution is 2.48. The maximum absolute atomic E-state index is 16.9. The molecule has 0 aromatic carbocycles. The van der Waals surface area contributed by atoms with E-state index in [1.807, 2.05) is 0 Å². The number of halogens is 4. The Bertz CT molecular complexity index is 1800. The van der Waals surface area contributed by atoms with E-state index in [4.69, 9.17) is 26.6 Å². The van der Waals surface area contributed by atoms with E-state index in [0.717, 1.165) is 19.4 Å². The zero-order chi connectivity index (χ0) is 32.0. The van der Waals surface area contributed by atoms with Crippen LogP contribution in [0.2, 0.25) is 0 Å². The van der Waals surface area contributed by atoms with E-state index >= 15 is 8.78 Å². The van der Waals surface area contributed by atoms with E-state index in [9.17, 15) is 8.78 Å². The Hall–Kier alpha value is -3.95. The van der Waals surface area contributed by atoms with Crippen LogP contribution in [0, 0.1) is 35.9 Å². The Morgan fingerprint density at radius 3 is 2.93 bits per heavy atom. The number of nitrogens with two attached hydrogens (primary N) is 1. The maximum atomic E-state index is 16.9. The second-order valence-electron chi connectivity index (χ2n) is 13.6. The summed E-state index contributed by atoms with van der Waals surface area (Å²) in [4.78, 5) is 17.6. The van der Waals surface area contributed by atoms with Gasteiger partial charge in [0, 0.05) is 54.7 Å². The van der Waals surface area contributed by atoms with Crippen LogP contribution in [0.25, 0.3) is 16.5 Å². The average Bonchev–Trinajstić information content (AvgIpc) is 3.48. The number of anilines is 1. The summed E-state index contributed by atoms with van der Waals surface area (Å²) in [5.41, 5.74) is 4.94. The van der Waals surface area contributed by atoms with Gasteiger partial charge in [-0.3, -0.25) is 9.88 Å². The summed E-state index contributed by atoms with van der Waals surface area (Å²) < 4.78 is 73.7. The van der Waals surface area contributed by atoms with Gasteiger partial charge in [0.15, 0.2) is 5.82 Å². The van der Waals surface area contributed by atoms with Crippen LogP contribution in [0.5, 0.6) is 6.01 Å². The van der Waals surface area contributed by atoms with Gasteiger partial charge in [-0.25, -0.2) is 17.6 Å². The van der Waals surface area contributed by atoms with E-state index in [0.29, 0.717) is 37.4 Å². The number of hydrogen-bond acceptors (Lipinski definition) is 8. The molecule has 8 nitrogen and oxygen atoms in total. The molecule has 0 spiro atoms. The van der Waals surface area contributed by atoms with Gasteiger partial charge in [-0.05, 0) is 44.0 Å². The summed E-state index contributed by atoms with van der Waals surface area (Å²) in [6, 6.07) is -0.593. The molecule has 0 bridgehead atoms. The highest BCUT2D eigenvalue weighted by Gasteiger charge is 2.57. The molecule has 0 radical (unpaired) electrons. The summed E-state index contributed by atoms with van der Waals surface area (Å²) in [6.45, 7) is 3.76. The van der Waals surface area contributed by atoms with Crippen molar-refractivity contribution < 1.29 is 27.0 Å². The summed E-state index contributed by atoms with van der Waals surface area (Å²) in [7, 11) is 0. The molecule has 3 saturated heterocycles. The van der Waals surface area contributed by atoms with Gasteiger partial charge in [0.25, 0.3) is 0 Å². The Balaban J connectivity index is 1.24. The Kier molecular flexibility index (Phi) is 6.75. The van der Waals surface area contributed by atoms with Crippen LogP contribution in [0.4, 0.5) is 23.4 Å². The molecule has 4 fully saturated rings. The number of terminal acetylenes is 1. The first-order valence-electron chi connectivity index (χ1n) is 15.7. The molecule has 1 saturated carbocycles. The number of nitrogens with zero attached hydrogens (tertiary/aromatic N) is 5. The topological polar surface area (TPSA) is 89.6 Å². The molecule has 6 aliphatic rings. The number of hydrogen-bond donors (Lipinski definition) is 1. The maximum Gasteiger partial charge on any atom is 0.319 e. The number of pyridine rings is 1. The second-order valence-corrected chi connectivity index (χ2v) is 13.6. The molecule has 3 aliphatic carbocycles. The minimum Gasteiger partial charge on any atom is -0.461 e. The minimum atomic E-state index is -1.35. The molecule has 12 heteroatoms. The number of ether oxygens (including phenoxy) is 2. The molecule has 0 amide bonds. The molecule has 2 aromatic rings. The standard InChI is InChI=1S/C34H34F4N6O2/c1-3-20-24(35)6-5-18-11-19(39)12-21(25(18)20)28-27(37)29-22(13-40-28)31(44-9-10-45-14-23-26(36)30(23)44)42-32(41-29)46-17-34-7-4-8-43(34)16-33(2,38)15-34/h1,5-6,11-13,18,23,25-26,30H,4,7-10,14-17,39H2,2H3/t18?,23-,25?,26-,30-,33-,34-/m0/s1. The molecular weight excluding hydrogens is 600 g/mol. The van der Waals surface area contributed by atoms with Crippen molar-refractivity contribution in [3.63, 3.8) is 0 Å². The first-order valence-corrected chi connectivity index (χ1v) is 15.7. The van der Waals surface area contributed by atoms with Crippen molar-refractivity contribution >= 4 is 22.3 Å². The van der Waals surface area contributed by atoms with Crippen molar-refractivity contribution in [2.75, 3.05) is 44.4 Å². The first-order chi connectivity index (χ1) is 22.1. The van der Waals surface area contributed by atoms with Crippen LogP contribution in [0.3, 0.4) is 0 Å². The van der Waals surface area contributed by atoms with Gasteiger partial charge >= 0.3 is 6.01 Å². The number of alkyl halides is 2. The van der Waals surface area contributed by atoms with E-state index in [2.05, 4.69) is 20.8 Å². The van der Waals surface area contributed by atoms with Gasteiger partial charge in [0.05, 0.1) is 30.2 Å². The Labute approximate surface area is 264 Å². The van der Waals surface area contributed by atoms with Gasteiger partial charge in [0.2, 0.25) is 0 Å². The fraction of sp³-hybridized carbons (Fsp3) is 0.500. The zero-order valence-electron chi connectivity index (χ0n) is 25.4. The van der Waals surface area contributed by atoms with Crippen molar-refractivity contribution in [1.29, 1.82) is 0 Å². The molecule has 5 heterocycles. The predicted octanol–water partition coefficient (Wildman–Crippen LogP) is 4.58. The van der Waals surface area contributed by atoms with Crippen LogP contribution >= 0.6 is 0 Å². The fourth-order valence-corrected chi connectivity index (χ4v) is 8.35. The van der Waals surface area contributed by atoms with Gasteiger partial charge < -0.3 is 20.1 Å². The van der Waals surface area contributed by atoms with Gasteiger partial charge in [-0.1, -0.05) is 18.1 Å². The largest absolute Gasteiger partial charge is 0.461 e. The Morgan fingerprint density at radius 1 is 1.26 bits per heavy atom. The lowest BCUT2D eigenvalue weighted by Gasteiger charge is -2.32. The molecule has 3 aliphatic heterocycles. The summed E-state index contributed by atoms with van der Waals surface area (Å²) >= 11 is 0. The van der Waals surface area contributed by atoms with E-state index in [-0.39, 0.29) is 53.1 Å². The molecular formula is C34H34F4N6O2. The van der Waals surface area contributed by atoms with Crippen LogP contribution in [-0.2, 0) is 4.74 Å². The van der Waals surface area contributed by atoms with E-state index in [1.54, 1.807) is 30.1 Å². The minimum absolute atomic E-state index is 0.0753. The lowest BCUT2D eigenvalue weighted by Crippen LogP contribution is -2.43. The molecule has 2 N–H and O–H groups in total. The molecule has 46 heavy (non-hydrogen) atoms. The van der Waals surface area contributed by atoms with Crippen LogP contribution < -0.4 is 15.4 Å². The highest BCUT2D eigenvalue weighted by atomic mass is 19.1. The summed E-state index contributed by atoms with van der Waals surface area (Å²) in [6.07, 6.45) is 14.3. The summed E-state index contributed by atoms with van der Waals surface area (Å²) in [5, 5.41) is 0.269. The third-order valence-electron chi connectivity index (χ3n) is 10.4. The number of rotatable bonds is 5.